The van der Waals surface area contributed by atoms with E-state index in [4.69, 9.17) is 11.6 Å². The molecule has 0 aliphatic rings. The molecule has 6 nitrogen and oxygen atoms in total. The third-order valence-corrected chi connectivity index (χ3v) is 4.82. The lowest BCUT2D eigenvalue weighted by Crippen LogP contribution is -2.14. The van der Waals surface area contributed by atoms with Crippen molar-refractivity contribution in [2.45, 2.75) is 4.90 Å². The van der Waals surface area contributed by atoms with E-state index in [2.05, 4.69) is 35.6 Å². The largest absolute Gasteiger partial charge is 0.345 e. The van der Waals surface area contributed by atoms with Gasteiger partial charge in [0.2, 0.25) is 0 Å². The number of anilines is 1. The molecule has 2 N–H and O–H groups in total. The van der Waals surface area contributed by atoms with Crippen LogP contribution in [0.25, 0.3) is 11.0 Å². The molecule has 3 aromatic heterocycles. The monoisotopic (exact) mass is 404 g/mol. The van der Waals surface area contributed by atoms with Gasteiger partial charge >= 0.3 is 0 Å². The molecular formula is C12H7BrClFN4O2S. The van der Waals surface area contributed by atoms with Gasteiger partial charge in [-0.2, -0.15) is 0 Å². The lowest BCUT2D eigenvalue weighted by Gasteiger charge is -2.07. The number of H-pyrrole nitrogens is 1. The summed E-state index contributed by atoms with van der Waals surface area (Å²) in [4.78, 5) is 10.3. The highest BCUT2D eigenvalue weighted by Gasteiger charge is 2.22. The predicted octanol–water partition coefficient (Wildman–Crippen LogP) is 3.31. The zero-order valence-corrected chi connectivity index (χ0v) is 13.8. The van der Waals surface area contributed by atoms with Gasteiger partial charge < -0.3 is 4.98 Å². The molecule has 0 saturated heterocycles. The average Bonchev–Trinajstić information content (AvgIpc) is 2.85. The molecule has 0 fully saturated rings. The first-order valence-electron chi connectivity index (χ1n) is 5.84. The van der Waals surface area contributed by atoms with E-state index in [1.807, 2.05) is 0 Å². The Balaban J connectivity index is 2.05. The number of sulfonamides is 1. The molecule has 0 bridgehead atoms. The fourth-order valence-electron chi connectivity index (χ4n) is 1.85. The maximum atomic E-state index is 13.7. The van der Waals surface area contributed by atoms with E-state index in [9.17, 15) is 12.8 Å². The zero-order chi connectivity index (χ0) is 15.9. The third-order valence-electron chi connectivity index (χ3n) is 2.80. The summed E-state index contributed by atoms with van der Waals surface area (Å²) in [6.45, 7) is 0. The number of fused-ring (bicyclic) bond motifs is 1. The number of aromatic amines is 1. The molecule has 3 heterocycles. The molecule has 0 aliphatic heterocycles. The highest BCUT2D eigenvalue weighted by Crippen LogP contribution is 2.25. The SMILES string of the molecule is O=S(=O)(Nc1ncc(Br)cc1F)c1c[nH]c2nc(Cl)ccc12. The molecular weight excluding hydrogens is 399 g/mol. The van der Waals surface area contributed by atoms with E-state index in [1.54, 1.807) is 0 Å². The molecule has 3 aromatic rings. The second kappa shape index (κ2) is 5.49. The van der Waals surface area contributed by atoms with Crippen LogP contribution in [0, 0.1) is 5.82 Å². The van der Waals surface area contributed by atoms with Gasteiger partial charge in [0.15, 0.2) is 11.6 Å². The van der Waals surface area contributed by atoms with Gasteiger partial charge in [-0.25, -0.2) is 22.8 Å². The van der Waals surface area contributed by atoms with Crippen LogP contribution in [0.4, 0.5) is 10.2 Å². The fraction of sp³-hybridized carbons (Fsp3) is 0. The van der Waals surface area contributed by atoms with Crippen LogP contribution in [0.3, 0.4) is 0 Å². The Morgan fingerprint density at radius 2 is 2.14 bits per heavy atom. The number of hydrogen-bond donors (Lipinski definition) is 2. The van der Waals surface area contributed by atoms with E-state index < -0.39 is 15.8 Å². The van der Waals surface area contributed by atoms with Gasteiger partial charge in [-0.05, 0) is 34.1 Å². The van der Waals surface area contributed by atoms with E-state index >= 15 is 0 Å². The Hall–Kier alpha value is -1.71. The Morgan fingerprint density at radius 3 is 2.86 bits per heavy atom. The van der Waals surface area contributed by atoms with Crippen LogP contribution in [0.1, 0.15) is 0 Å². The summed E-state index contributed by atoms with van der Waals surface area (Å²) in [5.74, 6) is -1.18. The fourth-order valence-corrected chi connectivity index (χ4v) is 3.48. The van der Waals surface area contributed by atoms with Crippen LogP contribution in [0.2, 0.25) is 5.15 Å². The van der Waals surface area contributed by atoms with Gasteiger partial charge in [0.05, 0.1) is 0 Å². The first-order valence-corrected chi connectivity index (χ1v) is 8.50. The van der Waals surface area contributed by atoms with Crippen molar-refractivity contribution in [1.82, 2.24) is 15.0 Å². The summed E-state index contributed by atoms with van der Waals surface area (Å²) < 4.78 is 41.0. The normalized spacial score (nSPS) is 11.8. The lowest BCUT2D eigenvalue weighted by molar-refractivity contribution is 0.598. The average molecular weight is 406 g/mol. The van der Waals surface area contributed by atoms with Crippen LogP contribution in [-0.4, -0.2) is 23.4 Å². The number of halogens is 3. The van der Waals surface area contributed by atoms with Gasteiger partial charge in [0.25, 0.3) is 10.0 Å². The molecule has 0 aliphatic carbocycles. The zero-order valence-electron chi connectivity index (χ0n) is 10.6. The molecule has 22 heavy (non-hydrogen) atoms. The maximum absolute atomic E-state index is 13.7. The first kappa shape index (κ1) is 15.2. The van der Waals surface area contributed by atoms with Crippen molar-refractivity contribution in [1.29, 1.82) is 0 Å². The summed E-state index contributed by atoms with van der Waals surface area (Å²) in [6, 6.07) is 4.09. The summed E-state index contributed by atoms with van der Waals surface area (Å²) in [7, 11) is -4.03. The van der Waals surface area contributed by atoms with Crippen molar-refractivity contribution >= 4 is 54.4 Å². The van der Waals surface area contributed by atoms with Crippen molar-refractivity contribution < 1.29 is 12.8 Å². The van der Waals surface area contributed by atoms with Gasteiger partial charge in [-0.3, -0.25) is 4.72 Å². The van der Waals surface area contributed by atoms with Gasteiger partial charge in [-0.1, -0.05) is 11.6 Å². The Bertz CT molecular complexity index is 976. The summed E-state index contributed by atoms with van der Waals surface area (Å²) in [5.41, 5.74) is 0.317. The van der Waals surface area contributed by atoms with Crippen molar-refractivity contribution in [2.75, 3.05) is 4.72 Å². The van der Waals surface area contributed by atoms with Crippen molar-refractivity contribution in [3.8, 4) is 0 Å². The van der Waals surface area contributed by atoms with Gasteiger partial charge in [0, 0.05) is 22.3 Å². The lowest BCUT2D eigenvalue weighted by atomic mass is 10.3. The first-order chi connectivity index (χ1) is 10.4. The quantitative estimate of drug-likeness (QED) is 0.654. The molecule has 0 unspecified atom stereocenters. The smallest absolute Gasteiger partial charge is 0.265 e. The third kappa shape index (κ3) is 2.79. The number of pyridine rings is 2. The molecule has 114 valence electrons. The molecule has 0 saturated carbocycles. The minimum atomic E-state index is -4.03. The number of rotatable bonds is 3. The maximum Gasteiger partial charge on any atom is 0.265 e. The highest BCUT2D eigenvalue weighted by atomic mass is 79.9. The molecule has 0 amide bonds. The molecule has 10 heteroatoms. The number of aromatic nitrogens is 3. The number of hydrogen-bond acceptors (Lipinski definition) is 4. The standard InChI is InChI=1S/C12H7BrClFN4O2S/c13-6-3-8(15)12(16-4-6)19-22(20,21)9-5-17-11-7(9)1-2-10(14)18-11/h1-5H,(H,16,19)(H,17,18). The highest BCUT2D eigenvalue weighted by molar-refractivity contribution is 9.10. The second-order valence-electron chi connectivity index (χ2n) is 4.27. The van der Waals surface area contributed by atoms with E-state index in [-0.39, 0.29) is 15.9 Å². The number of nitrogens with one attached hydrogen (secondary N) is 2. The summed E-state index contributed by atoms with van der Waals surface area (Å²) >= 11 is 8.80. The van der Waals surface area contributed by atoms with Crippen molar-refractivity contribution in [3.05, 3.63) is 46.0 Å². The Kier molecular flexibility index (Phi) is 3.79. The minimum absolute atomic E-state index is 0.0733. The van der Waals surface area contributed by atoms with Crippen LogP contribution >= 0.6 is 27.5 Å². The molecule has 0 spiro atoms. The second-order valence-corrected chi connectivity index (χ2v) is 7.23. The van der Waals surface area contributed by atoms with Gasteiger partial charge in [0.1, 0.15) is 15.7 Å². The van der Waals surface area contributed by atoms with Crippen LogP contribution < -0.4 is 4.72 Å². The number of nitrogens with zero attached hydrogens (tertiary/aromatic N) is 2. The van der Waals surface area contributed by atoms with Crippen molar-refractivity contribution in [2.24, 2.45) is 0 Å². The summed E-state index contributed by atoms with van der Waals surface area (Å²) in [5, 5.41) is 0.571. The Labute approximate surface area is 137 Å². The van der Waals surface area contributed by atoms with Crippen molar-refractivity contribution in [3.63, 3.8) is 0 Å². The predicted molar refractivity (Wildman–Crippen MR) is 83.8 cm³/mol. The topological polar surface area (TPSA) is 87.7 Å². The molecule has 0 radical (unpaired) electrons. The van der Waals surface area contributed by atoms with Gasteiger partial charge in [-0.15, -0.1) is 0 Å². The van der Waals surface area contributed by atoms with E-state index in [0.29, 0.717) is 15.5 Å². The van der Waals surface area contributed by atoms with Crippen LogP contribution in [0.5, 0.6) is 0 Å². The van der Waals surface area contributed by atoms with E-state index in [1.165, 1.54) is 24.5 Å². The van der Waals surface area contributed by atoms with E-state index in [0.717, 1.165) is 6.07 Å². The Morgan fingerprint density at radius 1 is 1.36 bits per heavy atom. The molecule has 0 aromatic carbocycles. The van der Waals surface area contributed by atoms with Crippen LogP contribution in [0.15, 0.2) is 40.0 Å². The molecule has 3 rings (SSSR count). The minimum Gasteiger partial charge on any atom is -0.345 e. The molecule has 0 atom stereocenters. The summed E-state index contributed by atoms with van der Waals surface area (Å²) in [6.07, 6.45) is 2.55. The van der Waals surface area contributed by atoms with Crippen LogP contribution in [-0.2, 0) is 10.0 Å².